The summed E-state index contributed by atoms with van der Waals surface area (Å²) in [6, 6.07) is 5.26. The van der Waals surface area contributed by atoms with Crippen molar-refractivity contribution in [2.24, 2.45) is 5.92 Å². The highest BCUT2D eigenvalue weighted by molar-refractivity contribution is 5.38. The van der Waals surface area contributed by atoms with Crippen LogP contribution in [0.25, 0.3) is 0 Å². The molecule has 1 N–H and O–H groups in total. The first kappa shape index (κ1) is 10.7. The number of rotatable bonds is 1. The average molecular weight is 203 g/mol. The Morgan fingerprint density at radius 1 is 1.07 bits per heavy atom. The van der Waals surface area contributed by atoms with E-state index in [4.69, 9.17) is 0 Å². The van der Waals surface area contributed by atoms with Crippen molar-refractivity contribution in [1.29, 1.82) is 0 Å². The molecular formula is C14H21N. The van der Waals surface area contributed by atoms with Gasteiger partial charge in [0.05, 0.1) is 0 Å². The van der Waals surface area contributed by atoms with Crippen molar-refractivity contribution in [2.45, 2.75) is 40.2 Å². The SMILES string of the molecule is Cc1cc(C)c(C2NCCC2C)cc1C. The van der Waals surface area contributed by atoms with Crippen LogP contribution in [0.4, 0.5) is 0 Å². The van der Waals surface area contributed by atoms with Gasteiger partial charge in [-0.25, -0.2) is 0 Å². The van der Waals surface area contributed by atoms with E-state index in [1.165, 1.54) is 28.7 Å². The minimum atomic E-state index is 0.573. The van der Waals surface area contributed by atoms with Crippen molar-refractivity contribution in [3.05, 3.63) is 34.4 Å². The zero-order chi connectivity index (χ0) is 11.0. The fourth-order valence-corrected chi connectivity index (χ4v) is 2.57. The minimum Gasteiger partial charge on any atom is -0.310 e. The summed E-state index contributed by atoms with van der Waals surface area (Å²) in [7, 11) is 0. The highest BCUT2D eigenvalue weighted by Crippen LogP contribution is 2.32. The van der Waals surface area contributed by atoms with Gasteiger partial charge in [-0.05, 0) is 61.9 Å². The molecule has 0 radical (unpaired) electrons. The van der Waals surface area contributed by atoms with Crippen LogP contribution in [-0.4, -0.2) is 6.54 Å². The quantitative estimate of drug-likeness (QED) is 0.738. The lowest BCUT2D eigenvalue weighted by Gasteiger charge is -2.20. The second-order valence-corrected chi connectivity index (χ2v) is 4.99. The topological polar surface area (TPSA) is 12.0 Å². The summed E-state index contributed by atoms with van der Waals surface area (Å²) in [6.07, 6.45) is 1.30. The Bertz CT molecular complexity index is 368. The van der Waals surface area contributed by atoms with Crippen molar-refractivity contribution < 1.29 is 0 Å². The first-order valence-corrected chi connectivity index (χ1v) is 5.90. The molecule has 1 heterocycles. The van der Waals surface area contributed by atoms with E-state index in [0.29, 0.717) is 6.04 Å². The lowest BCUT2D eigenvalue weighted by Crippen LogP contribution is -2.17. The predicted molar refractivity (Wildman–Crippen MR) is 65.2 cm³/mol. The Labute approximate surface area is 92.9 Å². The number of aryl methyl sites for hydroxylation is 3. The summed E-state index contributed by atoms with van der Waals surface area (Å²) >= 11 is 0. The maximum atomic E-state index is 3.61. The van der Waals surface area contributed by atoms with E-state index in [2.05, 4.69) is 45.1 Å². The summed E-state index contributed by atoms with van der Waals surface area (Å²) in [6.45, 7) is 10.1. The summed E-state index contributed by atoms with van der Waals surface area (Å²) in [5.41, 5.74) is 5.76. The predicted octanol–water partition coefficient (Wildman–Crippen LogP) is 3.28. The second kappa shape index (κ2) is 3.97. The first-order valence-electron chi connectivity index (χ1n) is 5.90. The summed E-state index contributed by atoms with van der Waals surface area (Å²) in [5, 5.41) is 3.61. The molecule has 0 aliphatic carbocycles. The molecule has 0 saturated carbocycles. The van der Waals surface area contributed by atoms with Crippen LogP contribution in [0.1, 0.15) is 41.6 Å². The van der Waals surface area contributed by atoms with Crippen LogP contribution in [-0.2, 0) is 0 Å². The Morgan fingerprint density at radius 3 is 2.33 bits per heavy atom. The molecule has 15 heavy (non-hydrogen) atoms. The van der Waals surface area contributed by atoms with E-state index in [1.807, 2.05) is 0 Å². The monoisotopic (exact) mass is 203 g/mol. The van der Waals surface area contributed by atoms with Gasteiger partial charge in [-0.15, -0.1) is 0 Å². The minimum absolute atomic E-state index is 0.573. The summed E-state index contributed by atoms with van der Waals surface area (Å²) < 4.78 is 0. The highest BCUT2D eigenvalue weighted by Gasteiger charge is 2.25. The van der Waals surface area contributed by atoms with Gasteiger partial charge in [0.25, 0.3) is 0 Å². The smallest absolute Gasteiger partial charge is 0.0349 e. The number of hydrogen-bond donors (Lipinski definition) is 1. The zero-order valence-electron chi connectivity index (χ0n) is 10.2. The summed E-state index contributed by atoms with van der Waals surface area (Å²) in [5.74, 6) is 0.769. The molecule has 1 aliphatic rings. The first-order chi connectivity index (χ1) is 7.09. The molecule has 2 atom stereocenters. The second-order valence-electron chi connectivity index (χ2n) is 4.99. The Hall–Kier alpha value is -0.820. The van der Waals surface area contributed by atoms with Crippen molar-refractivity contribution in [2.75, 3.05) is 6.54 Å². The van der Waals surface area contributed by atoms with E-state index in [-0.39, 0.29) is 0 Å². The van der Waals surface area contributed by atoms with Gasteiger partial charge in [-0.1, -0.05) is 19.1 Å². The maximum absolute atomic E-state index is 3.61. The van der Waals surface area contributed by atoms with Gasteiger partial charge in [-0.2, -0.15) is 0 Å². The van der Waals surface area contributed by atoms with Crippen LogP contribution in [0.15, 0.2) is 12.1 Å². The molecule has 1 fully saturated rings. The Kier molecular flexibility index (Phi) is 2.83. The molecule has 1 saturated heterocycles. The van der Waals surface area contributed by atoms with Crippen molar-refractivity contribution >= 4 is 0 Å². The molecule has 1 nitrogen and oxygen atoms in total. The van der Waals surface area contributed by atoms with Crippen LogP contribution >= 0.6 is 0 Å². The van der Waals surface area contributed by atoms with Crippen LogP contribution < -0.4 is 5.32 Å². The molecule has 2 unspecified atom stereocenters. The van der Waals surface area contributed by atoms with E-state index in [1.54, 1.807) is 0 Å². The van der Waals surface area contributed by atoms with E-state index >= 15 is 0 Å². The van der Waals surface area contributed by atoms with Gasteiger partial charge < -0.3 is 5.32 Å². The largest absolute Gasteiger partial charge is 0.310 e. The number of benzene rings is 1. The summed E-state index contributed by atoms with van der Waals surface area (Å²) in [4.78, 5) is 0. The van der Waals surface area contributed by atoms with E-state index in [0.717, 1.165) is 12.5 Å². The molecule has 1 aliphatic heterocycles. The van der Waals surface area contributed by atoms with Gasteiger partial charge >= 0.3 is 0 Å². The third kappa shape index (κ3) is 1.93. The maximum Gasteiger partial charge on any atom is 0.0349 e. The normalized spacial score (nSPS) is 25.9. The molecule has 1 aromatic carbocycles. The van der Waals surface area contributed by atoms with Crippen LogP contribution in [0, 0.1) is 26.7 Å². The lowest BCUT2D eigenvalue weighted by molar-refractivity contribution is 0.501. The third-order valence-corrected chi connectivity index (χ3v) is 3.75. The molecule has 0 aromatic heterocycles. The lowest BCUT2D eigenvalue weighted by atomic mass is 9.90. The van der Waals surface area contributed by atoms with Crippen LogP contribution in [0.2, 0.25) is 0 Å². The van der Waals surface area contributed by atoms with Crippen molar-refractivity contribution in [1.82, 2.24) is 5.32 Å². The Balaban J connectivity index is 2.39. The third-order valence-electron chi connectivity index (χ3n) is 3.75. The number of hydrogen-bond acceptors (Lipinski definition) is 1. The molecule has 1 aromatic rings. The molecule has 0 amide bonds. The van der Waals surface area contributed by atoms with Gasteiger partial charge in [0.2, 0.25) is 0 Å². The van der Waals surface area contributed by atoms with Gasteiger partial charge in [0.1, 0.15) is 0 Å². The molecule has 82 valence electrons. The standard InChI is InChI=1S/C14H21N/c1-9-5-6-15-14(9)13-8-11(3)10(2)7-12(13)4/h7-9,14-15H,5-6H2,1-4H3. The van der Waals surface area contributed by atoms with Crippen LogP contribution in [0.3, 0.4) is 0 Å². The molecule has 1 heteroatoms. The van der Waals surface area contributed by atoms with E-state index in [9.17, 15) is 0 Å². The highest BCUT2D eigenvalue weighted by atomic mass is 14.9. The average Bonchev–Trinajstić information content (AvgIpc) is 2.58. The zero-order valence-corrected chi connectivity index (χ0v) is 10.2. The fourth-order valence-electron chi connectivity index (χ4n) is 2.57. The van der Waals surface area contributed by atoms with Gasteiger partial charge in [0, 0.05) is 6.04 Å². The van der Waals surface area contributed by atoms with E-state index < -0.39 is 0 Å². The van der Waals surface area contributed by atoms with Crippen LogP contribution in [0.5, 0.6) is 0 Å². The van der Waals surface area contributed by atoms with Gasteiger partial charge in [0.15, 0.2) is 0 Å². The van der Waals surface area contributed by atoms with Crippen molar-refractivity contribution in [3.63, 3.8) is 0 Å². The fraction of sp³-hybridized carbons (Fsp3) is 0.571. The molecule has 2 rings (SSSR count). The van der Waals surface area contributed by atoms with Crippen molar-refractivity contribution in [3.8, 4) is 0 Å². The molecule has 0 spiro atoms. The molecule has 0 bridgehead atoms. The molecular weight excluding hydrogens is 182 g/mol. The number of nitrogens with one attached hydrogen (secondary N) is 1. The van der Waals surface area contributed by atoms with Gasteiger partial charge in [-0.3, -0.25) is 0 Å². The Morgan fingerprint density at radius 2 is 1.73 bits per heavy atom.